The first-order chi connectivity index (χ1) is 13.1. The van der Waals surface area contributed by atoms with Gasteiger partial charge in [-0.25, -0.2) is 22.0 Å². The Bertz CT molecular complexity index is 1180. The standard InChI is InChI=1S/C18H9F4NO4S/c1-23-11-7-10(20)8-12(9-11)27-14-4-5-15-16(13(14)3-2-6-19)17(24)18(21,22)28(15,25)26/h4-5,7-9,17,24H,6H2. The molecule has 1 aliphatic rings. The van der Waals surface area contributed by atoms with Crippen LogP contribution in [0.3, 0.4) is 0 Å². The molecule has 1 N–H and O–H groups in total. The number of fused-ring (bicyclic) bond motifs is 1. The lowest BCUT2D eigenvalue weighted by atomic mass is 10.0. The summed E-state index contributed by atoms with van der Waals surface area (Å²) in [5, 5.41) is 5.39. The third-order valence-corrected chi connectivity index (χ3v) is 5.77. The highest BCUT2D eigenvalue weighted by Crippen LogP contribution is 2.51. The second-order valence-corrected chi connectivity index (χ2v) is 7.60. The SMILES string of the molecule is [C-]#[N+]c1cc(F)cc(Oc2ccc3c(c2C#CCF)C(O)C(F)(F)S3(=O)=O)c1. The molecule has 1 atom stereocenters. The fourth-order valence-electron chi connectivity index (χ4n) is 2.68. The van der Waals surface area contributed by atoms with E-state index in [0.717, 1.165) is 30.3 Å². The van der Waals surface area contributed by atoms with Crippen molar-refractivity contribution in [3.05, 3.63) is 58.7 Å². The maximum Gasteiger partial charge on any atom is 0.379 e. The van der Waals surface area contributed by atoms with Crippen LogP contribution in [0.25, 0.3) is 4.85 Å². The van der Waals surface area contributed by atoms with Crippen LogP contribution in [0, 0.1) is 24.2 Å². The number of hydrogen-bond donors (Lipinski definition) is 1. The predicted molar refractivity (Wildman–Crippen MR) is 89.1 cm³/mol. The maximum absolute atomic E-state index is 14.0. The van der Waals surface area contributed by atoms with Crippen LogP contribution in [0.1, 0.15) is 17.2 Å². The average molecular weight is 411 g/mol. The lowest BCUT2D eigenvalue weighted by Gasteiger charge is -2.14. The topological polar surface area (TPSA) is 68.0 Å². The Morgan fingerprint density at radius 1 is 1.29 bits per heavy atom. The summed E-state index contributed by atoms with van der Waals surface area (Å²) in [6, 6.07) is 4.76. The van der Waals surface area contributed by atoms with Crippen LogP contribution in [0.2, 0.25) is 0 Å². The molecule has 0 aromatic heterocycles. The van der Waals surface area contributed by atoms with Crippen molar-refractivity contribution in [1.82, 2.24) is 0 Å². The molecule has 144 valence electrons. The number of halogens is 4. The molecule has 0 amide bonds. The molecule has 0 fully saturated rings. The number of sulfone groups is 1. The molecular formula is C18H9F4NO4S. The van der Waals surface area contributed by atoms with E-state index in [1.165, 1.54) is 0 Å². The van der Waals surface area contributed by atoms with E-state index in [9.17, 15) is 31.1 Å². The van der Waals surface area contributed by atoms with Gasteiger partial charge in [0, 0.05) is 11.6 Å². The van der Waals surface area contributed by atoms with Crippen molar-refractivity contribution >= 4 is 15.5 Å². The van der Waals surface area contributed by atoms with Crippen LogP contribution in [-0.4, -0.2) is 25.5 Å². The summed E-state index contributed by atoms with van der Waals surface area (Å²) in [5.74, 6) is 2.81. The quantitative estimate of drug-likeness (QED) is 0.462. The summed E-state index contributed by atoms with van der Waals surface area (Å²) in [6.45, 7) is 5.74. The Balaban J connectivity index is 2.22. The largest absolute Gasteiger partial charge is 0.457 e. The van der Waals surface area contributed by atoms with Gasteiger partial charge in [-0.3, -0.25) is 0 Å². The van der Waals surface area contributed by atoms with E-state index in [0.29, 0.717) is 0 Å². The van der Waals surface area contributed by atoms with E-state index in [2.05, 4.69) is 10.8 Å². The van der Waals surface area contributed by atoms with Gasteiger partial charge in [0.2, 0.25) is 9.84 Å². The van der Waals surface area contributed by atoms with Crippen molar-refractivity contribution in [3.8, 4) is 23.3 Å². The maximum atomic E-state index is 14.0. The van der Waals surface area contributed by atoms with E-state index in [1.807, 2.05) is 5.92 Å². The Hall–Kier alpha value is -3.08. The number of benzene rings is 2. The van der Waals surface area contributed by atoms with Crippen LogP contribution < -0.4 is 4.74 Å². The highest BCUT2D eigenvalue weighted by Gasteiger charge is 2.61. The molecule has 1 aliphatic heterocycles. The van der Waals surface area contributed by atoms with Gasteiger partial charge in [-0.1, -0.05) is 11.8 Å². The Kier molecular flexibility index (Phi) is 4.79. The lowest BCUT2D eigenvalue weighted by Crippen LogP contribution is -2.28. The number of rotatable bonds is 2. The Morgan fingerprint density at radius 3 is 2.64 bits per heavy atom. The van der Waals surface area contributed by atoms with Crippen molar-refractivity contribution < 1.29 is 35.8 Å². The van der Waals surface area contributed by atoms with Gasteiger partial charge >= 0.3 is 5.25 Å². The molecule has 0 spiro atoms. The first kappa shape index (κ1) is 19.7. The van der Waals surface area contributed by atoms with Crippen molar-refractivity contribution in [3.63, 3.8) is 0 Å². The highest BCUT2D eigenvalue weighted by molar-refractivity contribution is 7.92. The van der Waals surface area contributed by atoms with Crippen molar-refractivity contribution in [1.29, 1.82) is 0 Å². The van der Waals surface area contributed by atoms with E-state index in [1.54, 1.807) is 0 Å². The molecule has 3 rings (SSSR count). The number of nitrogens with zero attached hydrogens (tertiary/aromatic N) is 1. The van der Waals surface area contributed by atoms with E-state index in [4.69, 9.17) is 11.3 Å². The molecule has 28 heavy (non-hydrogen) atoms. The predicted octanol–water partition coefficient (Wildman–Crippen LogP) is 3.90. The Labute approximate surface area is 156 Å². The molecule has 2 aromatic rings. The van der Waals surface area contributed by atoms with Crippen LogP contribution >= 0.6 is 0 Å². The van der Waals surface area contributed by atoms with Gasteiger partial charge in [-0.2, -0.15) is 8.78 Å². The molecule has 0 bridgehead atoms. The Morgan fingerprint density at radius 2 is 2.00 bits per heavy atom. The molecule has 5 nitrogen and oxygen atoms in total. The van der Waals surface area contributed by atoms with Crippen molar-refractivity contribution in [2.75, 3.05) is 6.67 Å². The fourth-order valence-corrected chi connectivity index (χ4v) is 4.14. The molecule has 2 aromatic carbocycles. The molecule has 0 saturated heterocycles. The van der Waals surface area contributed by atoms with Gasteiger partial charge < -0.3 is 9.84 Å². The molecule has 0 aliphatic carbocycles. The number of ether oxygens (including phenoxy) is 1. The molecule has 1 heterocycles. The van der Waals surface area contributed by atoms with Crippen molar-refractivity contribution in [2.24, 2.45) is 0 Å². The monoisotopic (exact) mass is 411 g/mol. The van der Waals surface area contributed by atoms with Gasteiger partial charge in [0.25, 0.3) is 0 Å². The molecular weight excluding hydrogens is 402 g/mol. The lowest BCUT2D eigenvalue weighted by molar-refractivity contribution is -0.0377. The van der Waals surface area contributed by atoms with Gasteiger partial charge in [0.05, 0.1) is 17.0 Å². The van der Waals surface area contributed by atoms with Gasteiger partial charge in [-0.05, 0) is 24.3 Å². The highest BCUT2D eigenvalue weighted by atomic mass is 32.2. The summed E-state index contributed by atoms with van der Waals surface area (Å²) in [7, 11) is -5.19. The summed E-state index contributed by atoms with van der Waals surface area (Å²) >= 11 is 0. The van der Waals surface area contributed by atoms with E-state index >= 15 is 0 Å². The number of aliphatic hydroxyl groups is 1. The van der Waals surface area contributed by atoms with Crippen LogP contribution in [0.4, 0.5) is 23.2 Å². The minimum absolute atomic E-state index is 0.110. The molecule has 10 heteroatoms. The zero-order valence-corrected chi connectivity index (χ0v) is 14.5. The third kappa shape index (κ3) is 2.97. The summed E-state index contributed by atoms with van der Waals surface area (Å²) in [6.07, 6.45) is -2.74. The zero-order chi connectivity index (χ0) is 20.7. The first-order valence-corrected chi connectivity index (χ1v) is 9.00. The molecule has 0 saturated carbocycles. The first-order valence-electron chi connectivity index (χ1n) is 7.51. The molecule has 1 unspecified atom stereocenters. The zero-order valence-electron chi connectivity index (χ0n) is 13.7. The van der Waals surface area contributed by atoms with Gasteiger partial charge in [0.1, 0.15) is 17.3 Å². The summed E-state index contributed by atoms with van der Waals surface area (Å²) < 4.78 is 83.5. The molecule has 0 radical (unpaired) electrons. The fraction of sp³-hybridized carbons (Fsp3) is 0.167. The van der Waals surface area contributed by atoms with Gasteiger partial charge in [-0.15, -0.1) is 0 Å². The van der Waals surface area contributed by atoms with Crippen molar-refractivity contribution in [2.45, 2.75) is 16.3 Å². The second-order valence-electron chi connectivity index (χ2n) is 5.61. The minimum Gasteiger partial charge on any atom is -0.457 e. The van der Waals surface area contributed by atoms with Gasteiger partial charge in [0.15, 0.2) is 18.5 Å². The normalized spacial score (nSPS) is 18.5. The number of aliphatic hydroxyl groups excluding tert-OH is 1. The summed E-state index contributed by atoms with van der Waals surface area (Å²) in [4.78, 5) is 2.19. The number of alkyl halides is 3. The summed E-state index contributed by atoms with van der Waals surface area (Å²) in [5.41, 5.74) is -1.32. The minimum atomic E-state index is -5.19. The smallest absolute Gasteiger partial charge is 0.379 e. The van der Waals surface area contributed by atoms with Crippen LogP contribution in [-0.2, 0) is 9.84 Å². The third-order valence-electron chi connectivity index (χ3n) is 3.90. The van der Waals surface area contributed by atoms with Crippen LogP contribution in [0.15, 0.2) is 35.2 Å². The second kappa shape index (κ2) is 6.82. The average Bonchev–Trinajstić information content (AvgIpc) is 2.77. The van der Waals surface area contributed by atoms with Crippen LogP contribution in [0.5, 0.6) is 11.5 Å². The van der Waals surface area contributed by atoms with E-state index in [-0.39, 0.29) is 17.2 Å². The number of hydrogen-bond acceptors (Lipinski definition) is 4. The van der Waals surface area contributed by atoms with E-state index < -0.39 is 49.7 Å².